The van der Waals surface area contributed by atoms with Crippen molar-refractivity contribution in [2.24, 2.45) is 0 Å². The van der Waals surface area contributed by atoms with Gasteiger partial charge < -0.3 is 10.0 Å². The predicted molar refractivity (Wildman–Crippen MR) is 87.1 cm³/mol. The van der Waals surface area contributed by atoms with Crippen molar-refractivity contribution < 1.29 is 19.1 Å². The number of nitrogens with zero attached hydrogens (tertiary/aromatic N) is 1. The molecule has 2 aromatic carbocycles. The van der Waals surface area contributed by atoms with Gasteiger partial charge in [0.05, 0.1) is 11.8 Å². The van der Waals surface area contributed by atoms with E-state index in [4.69, 9.17) is 0 Å². The highest BCUT2D eigenvalue weighted by atomic mass is 19.1. The molecule has 0 bridgehead atoms. The molecule has 4 nitrogen and oxygen atoms in total. The van der Waals surface area contributed by atoms with Crippen LogP contribution in [0.25, 0.3) is 0 Å². The maximum atomic E-state index is 13.4. The van der Waals surface area contributed by atoms with E-state index in [1.165, 1.54) is 12.1 Å². The fourth-order valence-corrected chi connectivity index (χ4v) is 3.18. The van der Waals surface area contributed by atoms with E-state index >= 15 is 0 Å². The van der Waals surface area contributed by atoms with Crippen LogP contribution in [-0.2, 0) is 16.1 Å². The van der Waals surface area contributed by atoms with Gasteiger partial charge in [-0.25, -0.2) is 4.39 Å². The van der Waals surface area contributed by atoms with Gasteiger partial charge in [-0.3, -0.25) is 9.59 Å². The van der Waals surface area contributed by atoms with E-state index in [0.29, 0.717) is 12.1 Å². The third-order valence-corrected chi connectivity index (χ3v) is 4.52. The van der Waals surface area contributed by atoms with Gasteiger partial charge in [0.25, 0.3) is 0 Å². The quantitative estimate of drug-likeness (QED) is 0.942. The van der Waals surface area contributed by atoms with Crippen LogP contribution >= 0.6 is 0 Å². The first-order chi connectivity index (χ1) is 11.5. The molecule has 1 N–H and O–H groups in total. The number of rotatable bonds is 3. The molecule has 24 heavy (non-hydrogen) atoms. The zero-order chi connectivity index (χ0) is 17.3. The summed E-state index contributed by atoms with van der Waals surface area (Å²) >= 11 is 0. The second-order valence-electron chi connectivity index (χ2n) is 6.09. The first kappa shape index (κ1) is 16.2. The molecule has 5 heteroatoms. The molecular weight excluding hydrogens is 309 g/mol. The highest BCUT2D eigenvalue weighted by molar-refractivity contribution is 5.85. The Balaban J connectivity index is 1.87. The van der Waals surface area contributed by atoms with Gasteiger partial charge in [-0.05, 0) is 35.7 Å². The zero-order valence-electron chi connectivity index (χ0n) is 13.3. The van der Waals surface area contributed by atoms with E-state index < -0.39 is 17.8 Å². The van der Waals surface area contributed by atoms with Crippen LogP contribution in [0.15, 0.2) is 48.5 Å². The first-order valence-corrected chi connectivity index (χ1v) is 7.82. The Morgan fingerprint density at radius 2 is 1.96 bits per heavy atom. The molecule has 2 unspecified atom stereocenters. The van der Waals surface area contributed by atoms with Gasteiger partial charge >= 0.3 is 5.97 Å². The molecule has 0 fully saturated rings. The molecule has 0 aliphatic carbocycles. The fourth-order valence-electron chi connectivity index (χ4n) is 3.18. The van der Waals surface area contributed by atoms with E-state index in [1.807, 2.05) is 18.2 Å². The van der Waals surface area contributed by atoms with Crippen LogP contribution in [0.3, 0.4) is 0 Å². The number of hydrogen-bond donors (Lipinski definition) is 1. The van der Waals surface area contributed by atoms with Crippen molar-refractivity contribution in [1.29, 1.82) is 0 Å². The summed E-state index contributed by atoms with van der Waals surface area (Å²) in [6, 6.07) is 13.2. The van der Waals surface area contributed by atoms with E-state index in [0.717, 1.165) is 11.1 Å². The molecule has 0 saturated heterocycles. The van der Waals surface area contributed by atoms with Crippen LogP contribution in [0.2, 0.25) is 0 Å². The molecule has 1 heterocycles. The van der Waals surface area contributed by atoms with E-state index in [2.05, 4.69) is 0 Å². The van der Waals surface area contributed by atoms with Crippen LogP contribution in [0, 0.1) is 5.82 Å². The van der Waals surface area contributed by atoms with Gasteiger partial charge in [-0.1, -0.05) is 36.4 Å². The standard InChI is InChI=1S/C19H18FNO3/c1-12(13-6-4-7-15(20)9-13)18(22)21-10-14-5-2-3-8-16(14)17(11-21)19(23)24/h2-9,12,17H,10-11H2,1H3,(H,23,24). The summed E-state index contributed by atoms with van der Waals surface area (Å²) in [6.07, 6.45) is 0. The Morgan fingerprint density at radius 3 is 2.67 bits per heavy atom. The van der Waals surface area contributed by atoms with Gasteiger partial charge in [0, 0.05) is 13.1 Å². The average Bonchev–Trinajstić information content (AvgIpc) is 2.59. The first-order valence-electron chi connectivity index (χ1n) is 7.82. The lowest BCUT2D eigenvalue weighted by molar-refractivity contribution is -0.141. The van der Waals surface area contributed by atoms with Crippen molar-refractivity contribution in [3.05, 3.63) is 71.0 Å². The second-order valence-corrected chi connectivity index (χ2v) is 6.09. The minimum absolute atomic E-state index is 0.130. The summed E-state index contributed by atoms with van der Waals surface area (Å²) in [5.74, 6) is -2.79. The van der Waals surface area contributed by atoms with E-state index in [1.54, 1.807) is 30.0 Å². The third kappa shape index (κ3) is 3.02. The van der Waals surface area contributed by atoms with Crippen molar-refractivity contribution in [3.63, 3.8) is 0 Å². The molecule has 1 aliphatic rings. The lowest BCUT2D eigenvalue weighted by atomic mass is 9.88. The van der Waals surface area contributed by atoms with Crippen molar-refractivity contribution >= 4 is 11.9 Å². The molecular formula is C19H18FNO3. The van der Waals surface area contributed by atoms with Crippen LogP contribution in [0.1, 0.15) is 35.4 Å². The average molecular weight is 327 g/mol. The molecule has 3 rings (SSSR count). The van der Waals surface area contributed by atoms with Crippen LogP contribution in [-0.4, -0.2) is 28.4 Å². The maximum Gasteiger partial charge on any atom is 0.312 e. The number of carboxylic acid groups (broad SMARTS) is 1. The van der Waals surface area contributed by atoms with E-state index in [-0.39, 0.29) is 18.3 Å². The second kappa shape index (κ2) is 6.43. The van der Waals surface area contributed by atoms with Crippen molar-refractivity contribution in [2.45, 2.75) is 25.3 Å². The lowest BCUT2D eigenvalue weighted by Gasteiger charge is -2.34. The number of carbonyl (C=O) groups excluding carboxylic acids is 1. The van der Waals surface area contributed by atoms with Gasteiger partial charge in [-0.2, -0.15) is 0 Å². The van der Waals surface area contributed by atoms with Crippen LogP contribution < -0.4 is 0 Å². The Kier molecular flexibility index (Phi) is 4.34. The number of carbonyl (C=O) groups is 2. The fraction of sp³-hybridized carbons (Fsp3) is 0.263. The monoisotopic (exact) mass is 327 g/mol. The molecule has 0 spiro atoms. The Bertz CT molecular complexity index is 790. The summed E-state index contributed by atoms with van der Waals surface area (Å²) in [5, 5.41) is 9.49. The number of benzene rings is 2. The summed E-state index contributed by atoms with van der Waals surface area (Å²) in [7, 11) is 0. The van der Waals surface area contributed by atoms with Gasteiger partial charge in [0.1, 0.15) is 5.82 Å². The molecule has 1 amide bonds. The van der Waals surface area contributed by atoms with E-state index in [9.17, 15) is 19.1 Å². The Labute approximate surface area is 139 Å². The normalized spacial score (nSPS) is 17.9. The molecule has 2 aromatic rings. The molecule has 124 valence electrons. The zero-order valence-corrected chi connectivity index (χ0v) is 13.3. The van der Waals surface area contributed by atoms with Gasteiger partial charge in [0.15, 0.2) is 0 Å². The lowest BCUT2D eigenvalue weighted by Crippen LogP contribution is -2.42. The minimum Gasteiger partial charge on any atom is -0.481 e. The SMILES string of the molecule is CC(C(=O)N1Cc2ccccc2C(C(=O)O)C1)c1cccc(F)c1. The molecule has 0 saturated carbocycles. The number of aliphatic carboxylic acids is 1. The van der Waals surface area contributed by atoms with Crippen LogP contribution in [0.4, 0.5) is 4.39 Å². The number of hydrogen-bond acceptors (Lipinski definition) is 2. The Morgan fingerprint density at radius 1 is 1.21 bits per heavy atom. The molecule has 2 atom stereocenters. The maximum absolute atomic E-state index is 13.4. The number of halogens is 1. The highest BCUT2D eigenvalue weighted by Gasteiger charge is 2.34. The third-order valence-electron chi connectivity index (χ3n) is 4.52. The smallest absolute Gasteiger partial charge is 0.312 e. The number of carboxylic acids is 1. The number of fused-ring (bicyclic) bond motifs is 1. The van der Waals surface area contributed by atoms with Crippen molar-refractivity contribution in [3.8, 4) is 0 Å². The Hall–Kier alpha value is -2.69. The highest BCUT2D eigenvalue weighted by Crippen LogP contribution is 2.30. The topological polar surface area (TPSA) is 57.6 Å². The summed E-state index contributed by atoms with van der Waals surface area (Å²) < 4.78 is 13.4. The summed E-state index contributed by atoms with van der Waals surface area (Å²) in [4.78, 5) is 25.9. The molecule has 1 aliphatic heterocycles. The molecule has 0 radical (unpaired) electrons. The van der Waals surface area contributed by atoms with Crippen LogP contribution in [0.5, 0.6) is 0 Å². The summed E-state index contributed by atoms with van der Waals surface area (Å²) in [6.45, 7) is 2.22. The van der Waals surface area contributed by atoms with Gasteiger partial charge in [0.2, 0.25) is 5.91 Å². The summed E-state index contributed by atoms with van der Waals surface area (Å²) in [5.41, 5.74) is 2.19. The van der Waals surface area contributed by atoms with Gasteiger partial charge in [-0.15, -0.1) is 0 Å². The molecule has 0 aromatic heterocycles. The largest absolute Gasteiger partial charge is 0.481 e. The van der Waals surface area contributed by atoms with Crippen molar-refractivity contribution in [1.82, 2.24) is 4.90 Å². The predicted octanol–water partition coefficient (Wildman–Crippen LogP) is 3.14. The minimum atomic E-state index is -0.946. The van der Waals surface area contributed by atoms with Crippen molar-refractivity contribution in [2.75, 3.05) is 6.54 Å². The number of amides is 1.